The maximum atomic E-state index is 12.7. The number of nitrogens with one attached hydrogen (secondary N) is 1. The van der Waals surface area contributed by atoms with Crippen molar-refractivity contribution in [2.45, 2.75) is 70.8 Å². The second kappa shape index (κ2) is 11.1. The maximum Gasteiger partial charge on any atom is 0.409 e. The van der Waals surface area contributed by atoms with E-state index in [0.717, 1.165) is 48.1 Å². The van der Waals surface area contributed by atoms with Gasteiger partial charge in [-0.1, -0.05) is 52.8 Å². The fourth-order valence-electron chi connectivity index (χ4n) is 4.78. The molecule has 0 radical (unpaired) electrons. The van der Waals surface area contributed by atoms with Gasteiger partial charge < -0.3 is 19.5 Å². The van der Waals surface area contributed by atoms with E-state index in [4.69, 9.17) is 9.47 Å². The van der Waals surface area contributed by atoms with Crippen molar-refractivity contribution in [3.05, 3.63) is 48.0 Å². The number of aryl methyl sites for hydroxylation is 1. The molecule has 0 saturated carbocycles. The Morgan fingerprint density at radius 1 is 1.03 bits per heavy atom. The number of piperidine rings is 1. The van der Waals surface area contributed by atoms with Gasteiger partial charge >= 0.3 is 6.09 Å². The Morgan fingerprint density at radius 3 is 2.28 bits per heavy atom. The molecule has 0 aromatic heterocycles. The van der Waals surface area contributed by atoms with Crippen molar-refractivity contribution >= 4 is 16.1 Å². The molecule has 1 fully saturated rings. The zero-order valence-electron chi connectivity index (χ0n) is 23.7. The second-order valence-electron chi connectivity index (χ2n) is 12.9. The highest BCUT2D eigenvalue weighted by Crippen LogP contribution is 2.41. The van der Waals surface area contributed by atoms with Crippen molar-refractivity contribution in [3.63, 3.8) is 0 Å². The first kappa shape index (κ1) is 29.4. The van der Waals surface area contributed by atoms with Crippen LogP contribution in [0.4, 0.5) is 4.79 Å². The van der Waals surface area contributed by atoms with Crippen LogP contribution in [0.15, 0.2) is 47.4 Å². The Morgan fingerprint density at radius 2 is 1.67 bits per heavy atom. The summed E-state index contributed by atoms with van der Waals surface area (Å²) in [6, 6.07) is 13.0. The predicted octanol–water partition coefficient (Wildman–Crippen LogP) is 4.99. The monoisotopic (exact) mass is 558 g/mol. The highest BCUT2D eigenvalue weighted by molar-refractivity contribution is 7.89. The van der Waals surface area contributed by atoms with E-state index in [2.05, 4.69) is 10.8 Å². The summed E-state index contributed by atoms with van der Waals surface area (Å²) in [5.41, 5.74) is 2.21. The lowest BCUT2D eigenvalue weighted by molar-refractivity contribution is -0.0171. The molecule has 0 aliphatic carbocycles. The Kier molecular flexibility index (Phi) is 8.36. The van der Waals surface area contributed by atoms with E-state index in [1.807, 2.05) is 45.0 Å². The quantitative estimate of drug-likeness (QED) is 0.496. The van der Waals surface area contributed by atoms with Crippen molar-refractivity contribution in [2.75, 3.05) is 32.8 Å². The van der Waals surface area contributed by atoms with Gasteiger partial charge in [-0.25, -0.2) is 17.9 Å². The van der Waals surface area contributed by atoms with Crippen LogP contribution < -0.4 is 9.46 Å². The molecule has 1 spiro atoms. The van der Waals surface area contributed by atoms with Crippen LogP contribution in [-0.4, -0.2) is 63.0 Å². The summed E-state index contributed by atoms with van der Waals surface area (Å²) in [4.78, 5) is 14.4. The Balaban J connectivity index is 1.38. The fraction of sp³-hybridized carbons (Fsp3) is 0.567. The van der Waals surface area contributed by atoms with Gasteiger partial charge in [0.05, 0.1) is 11.5 Å². The molecule has 2 aromatic rings. The number of aliphatic hydroxyl groups excluding tert-OH is 1. The summed E-state index contributed by atoms with van der Waals surface area (Å²) < 4.78 is 40.0. The van der Waals surface area contributed by atoms with Gasteiger partial charge in [-0.05, 0) is 59.2 Å². The number of benzene rings is 2. The van der Waals surface area contributed by atoms with E-state index in [-0.39, 0.29) is 35.2 Å². The largest absolute Gasteiger partial charge is 0.487 e. The third-order valence-electron chi connectivity index (χ3n) is 7.47. The fourth-order valence-corrected chi connectivity index (χ4v) is 6.02. The predicted molar refractivity (Wildman–Crippen MR) is 151 cm³/mol. The second-order valence-corrected chi connectivity index (χ2v) is 14.6. The van der Waals surface area contributed by atoms with E-state index in [1.54, 1.807) is 30.9 Å². The van der Waals surface area contributed by atoms with E-state index in [9.17, 15) is 18.3 Å². The number of fused-ring (bicyclic) bond motifs is 1. The van der Waals surface area contributed by atoms with Crippen molar-refractivity contribution in [2.24, 2.45) is 10.8 Å². The molecule has 2 aliphatic rings. The van der Waals surface area contributed by atoms with Crippen molar-refractivity contribution in [1.29, 1.82) is 0 Å². The first-order valence-electron chi connectivity index (χ1n) is 13.7. The van der Waals surface area contributed by atoms with Crippen LogP contribution in [0.1, 0.15) is 59.4 Å². The standard InChI is InChI=1S/C30H42N2O6S/c1-28(2,3)21-37-27(34)32-16-14-30(15-17-32)13-12-24-18-23(8-11-26(24)38-30)22-6-9-25(10-7-22)39(35,36)31-19-29(4,5)20-33/h6-11,18,31,33H,12-17,19-21H2,1-5H3. The number of hydrogen-bond donors (Lipinski definition) is 2. The number of likely N-dealkylation sites (tertiary alicyclic amines) is 1. The van der Waals surface area contributed by atoms with Crippen LogP contribution in [-0.2, 0) is 21.2 Å². The van der Waals surface area contributed by atoms with Gasteiger partial charge in [0.25, 0.3) is 0 Å². The summed E-state index contributed by atoms with van der Waals surface area (Å²) in [6.45, 7) is 11.4. The van der Waals surface area contributed by atoms with Crippen LogP contribution >= 0.6 is 0 Å². The molecule has 2 N–H and O–H groups in total. The lowest BCUT2D eigenvalue weighted by Crippen LogP contribution is -2.51. The van der Waals surface area contributed by atoms with Crippen molar-refractivity contribution < 1.29 is 27.8 Å². The molecular weight excluding hydrogens is 516 g/mol. The van der Waals surface area contributed by atoms with Gasteiger partial charge in [-0.3, -0.25) is 0 Å². The number of hydrogen-bond acceptors (Lipinski definition) is 6. The minimum atomic E-state index is -3.67. The van der Waals surface area contributed by atoms with Gasteiger partial charge in [-0.15, -0.1) is 0 Å². The van der Waals surface area contributed by atoms with E-state index in [0.29, 0.717) is 19.7 Å². The molecule has 1 saturated heterocycles. The van der Waals surface area contributed by atoms with Crippen LogP contribution in [0.3, 0.4) is 0 Å². The average molecular weight is 559 g/mol. The minimum Gasteiger partial charge on any atom is -0.487 e. The first-order chi connectivity index (χ1) is 18.2. The Labute approximate surface area is 232 Å². The molecule has 0 unspecified atom stereocenters. The first-order valence-corrected chi connectivity index (χ1v) is 15.1. The van der Waals surface area contributed by atoms with Crippen LogP contribution in [0.5, 0.6) is 5.75 Å². The summed E-state index contributed by atoms with van der Waals surface area (Å²) in [6.07, 6.45) is 3.08. The maximum absolute atomic E-state index is 12.7. The highest BCUT2D eigenvalue weighted by Gasteiger charge is 2.41. The number of carbonyl (C=O) groups is 1. The average Bonchev–Trinajstić information content (AvgIpc) is 2.90. The van der Waals surface area contributed by atoms with E-state index in [1.165, 1.54) is 0 Å². The van der Waals surface area contributed by atoms with E-state index < -0.39 is 15.4 Å². The number of nitrogens with zero attached hydrogens (tertiary/aromatic N) is 1. The van der Waals surface area contributed by atoms with Gasteiger partial charge in [0.2, 0.25) is 10.0 Å². The van der Waals surface area contributed by atoms with Crippen LogP contribution in [0, 0.1) is 10.8 Å². The topological polar surface area (TPSA) is 105 Å². The molecule has 1 amide bonds. The SMILES string of the molecule is CC(C)(C)COC(=O)N1CCC2(CCc3cc(-c4ccc(S(=O)(=O)NCC(C)(C)CO)cc4)ccc3O2)CC1. The third kappa shape index (κ3) is 7.32. The lowest BCUT2D eigenvalue weighted by atomic mass is 9.82. The van der Waals surface area contributed by atoms with Crippen molar-refractivity contribution in [1.82, 2.24) is 9.62 Å². The Hall–Kier alpha value is -2.62. The minimum absolute atomic E-state index is 0.0588. The van der Waals surface area contributed by atoms with Gasteiger partial charge in [0.15, 0.2) is 0 Å². The van der Waals surface area contributed by atoms with Gasteiger partial charge in [0.1, 0.15) is 11.4 Å². The molecule has 2 heterocycles. The molecule has 0 atom stereocenters. The summed E-state index contributed by atoms with van der Waals surface area (Å²) in [7, 11) is -3.67. The molecule has 214 valence electrons. The zero-order valence-corrected chi connectivity index (χ0v) is 24.6. The van der Waals surface area contributed by atoms with Gasteiger partial charge in [0, 0.05) is 44.5 Å². The van der Waals surface area contributed by atoms with Crippen molar-refractivity contribution in [3.8, 4) is 16.9 Å². The number of rotatable bonds is 7. The molecule has 39 heavy (non-hydrogen) atoms. The number of ether oxygens (including phenoxy) is 2. The summed E-state index contributed by atoms with van der Waals surface area (Å²) in [5, 5.41) is 9.39. The smallest absolute Gasteiger partial charge is 0.409 e. The normalized spacial score (nSPS) is 17.4. The summed E-state index contributed by atoms with van der Waals surface area (Å²) in [5.74, 6) is 0.878. The number of sulfonamides is 1. The van der Waals surface area contributed by atoms with Crippen LogP contribution in [0.25, 0.3) is 11.1 Å². The van der Waals surface area contributed by atoms with Gasteiger partial charge in [-0.2, -0.15) is 0 Å². The number of amides is 1. The van der Waals surface area contributed by atoms with E-state index >= 15 is 0 Å². The number of aliphatic hydroxyl groups is 1. The Bertz CT molecular complexity index is 1270. The summed E-state index contributed by atoms with van der Waals surface area (Å²) >= 11 is 0. The molecule has 4 rings (SSSR count). The highest BCUT2D eigenvalue weighted by atomic mass is 32.2. The zero-order chi connectivity index (χ0) is 28.5. The molecule has 2 aliphatic heterocycles. The molecule has 0 bridgehead atoms. The van der Waals surface area contributed by atoms with Crippen LogP contribution in [0.2, 0.25) is 0 Å². The molecule has 8 nitrogen and oxygen atoms in total. The molecule has 9 heteroatoms. The lowest BCUT2D eigenvalue weighted by Gasteiger charge is -2.44. The number of carbonyl (C=O) groups excluding carboxylic acids is 1. The molecule has 2 aromatic carbocycles. The molecular formula is C30H42N2O6S. The third-order valence-corrected chi connectivity index (χ3v) is 8.88.